The lowest BCUT2D eigenvalue weighted by Gasteiger charge is -2.25. The van der Waals surface area contributed by atoms with Crippen LogP contribution in [-0.2, 0) is 41.6 Å². The van der Waals surface area contributed by atoms with E-state index >= 15 is 0 Å². The van der Waals surface area contributed by atoms with E-state index in [0.29, 0.717) is 11.3 Å². The van der Waals surface area contributed by atoms with Crippen LogP contribution < -0.4 is 21.3 Å². The fraction of sp³-hybridized carbons (Fsp3) is 0.280. The highest BCUT2D eigenvalue weighted by Crippen LogP contribution is 2.22. The van der Waals surface area contributed by atoms with Crippen molar-refractivity contribution in [3.8, 4) is 35.1 Å². The predicted octanol–water partition coefficient (Wildman–Crippen LogP) is 6.98. The Morgan fingerprint density at radius 2 is 1.17 bits per heavy atom. The molecule has 0 aromatic heterocycles. The first-order chi connectivity index (χ1) is 31.9. The maximum atomic E-state index is 14.3. The molecule has 5 N–H and O–H groups in total. The van der Waals surface area contributed by atoms with Gasteiger partial charge >= 0.3 is 5.97 Å². The second kappa shape index (κ2) is 30.2. The van der Waals surface area contributed by atoms with Crippen molar-refractivity contribution in [2.24, 2.45) is 0 Å². The zero-order valence-electron chi connectivity index (χ0n) is 37.7. The predicted molar refractivity (Wildman–Crippen MR) is 266 cm³/mol. The fourth-order valence-electron chi connectivity index (χ4n) is 6.36. The summed E-state index contributed by atoms with van der Waals surface area (Å²) >= 11 is 4.37. The van der Waals surface area contributed by atoms with Crippen molar-refractivity contribution >= 4 is 58.9 Å². The average molecular weight is 935 g/mol. The van der Waals surface area contributed by atoms with Crippen molar-refractivity contribution < 1.29 is 33.6 Å². The van der Waals surface area contributed by atoms with Crippen LogP contribution in [-0.4, -0.2) is 83.2 Å². The number of rotatable bonds is 19. The zero-order chi connectivity index (χ0) is 49.0. The largest absolute Gasteiger partial charge is 0.467 e. The van der Waals surface area contributed by atoms with Crippen LogP contribution >= 0.6 is 24.4 Å². The Bertz CT molecular complexity index is 2300. The van der Waals surface area contributed by atoms with E-state index in [1.807, 2.05) is 123 Å². The highest BCUT2D eigenvalue weighted by Gasteiger charge is 2.31. The molecule has 0 saturated carbocycles. The summed E-state index contributed by atoms with van der Waals surface area (Å²) in [7, 11) is 1.17. The van der Waals surface area contributed by atoms with E-state index in [1.165, 1.54) is 26.2 Å². The molecule has 0 bridgehead atoms. The average Bonchev–Trinajstić information content (AvgIpc) is 3.35. The molecule has 0 fully saturated rings. The number of esters is 1. The number of methoxy groups -OCH3 is 1. The molecule has 0 saturated heterocycles. The summed E-state index contributed by atoms with van der Waals surface area (Å²) in [4.78, 5) is 76.8. The molecule has 4 aromatic rings. The van der Waals surface area contributed by atoms with Crippen LogP contribution in [0.5, 0.6) is 0 Å². The zero-order valence-corrected chi connectivity index (χ0v) is 39.5. The van der Waals surface area contributed by atoms with Crippen molar-refractivity contribution in [3.63, 3.8) is 0 Å². The van der Waals surface area contributed by atoms with Gasteiger partial charge in [-0.05, 0) is 45.7 Å². The number of nitrogens with one attached hydrogen (secondary N) is 5. The molecule has 3 atom stereocenters. The van der Waals surface area contributed by atoms with Crippen LogP contribution in [0.4, 0.5) is 0 Å². The van der Waals surface area contributed by atoms with Gasteiger partial charge in [0.2, 0.25) is 17.7 Å². The third-order valence-corrected chi connectivity index (χ3v) is 10.5. The lowest BCUT2D eigenvalue weighted by molar-refractivity contribution is -0.426. The Morgan fingerprint density at radius 3 is 1.59 bits per heavy atom. The molecule has 0 aliphatic heterocycles. The standard InChI is InChI=1S/C45H46N6O8S.C2H6.C2H2.CH4S/c1-29(52)60-28-41(45(56)59-2)50-44(55)40(26-31-15-19-35(20-16-31)33-11-7-4-8-12-33)49-43(54)39(25-30-13-17-34(18-14-30)32-9-5-3-6-10-32)48-42(53)23-24-47-38-22-21-36(51(57)58)27-37(38)46;3*1-2/h3-22,39-41,46-47H,23-28H2,1-2H3,(H,48,53)(H,49,54)(H,50,55);1-2H3;1-2H;2H,1H3. The molecule has 0 heterocycles. The number of terminal acetylenes is 1. The summed E-state index contributed by atoms with van der Waals surface area (Å²) in [5.74, 6) is -2.71. The van der Waals surface area contributed by atoms with E-state index in [2.05, 4.69) is 46.7 Å². The summed E-state index contributed by atoms with van der Waals surface area (Å²) in [5.41, 5.74) is 5.57. The summed E-state index contributed by atoms with van der Waals surface area (Å²) in [6, 6.07) is 30.9. The number of carbonyl (C=O) groups excluding carboxylic acids is 5. The first kappa shape index (κ1) is 55.2. The summed E-state index contributed by atoms with van der Waals surface area (Å²) in [6.07, 6.45) is 12.2. The molecular weight excluding hydrogens is 877 g/mol. The maximum absolute atomic E-state index is 14.3. The highest BCUT2D eigenvalue weighted by molar-refractivity contribution is 8.13. The van der Waals surface area contributed by atoms with Crippen molar-refractivity contribution in [1.82, 2.24) is 21.3 Å². The normalized spacial score (nSPS) is 12.6. The molecule has 3 amide bonds. The molecule has 5 rings (SSSR count). The molecule has 14 nitrogen and oxygen atoms in total. The van der Waals surface area contributed by atoms with Gasteiger partial charge in [0.25, 0.3) is 5.70 Å². The van der Waals surface area contributed by atoms with Crippen molar-refractivity contribution in [3.05, 3.63) is 154 Å². The highest BCUT2D eigenvalue weighted by atomic mass is 32.2. The number of hydrogen-bond donors (Lipinski definition) is 6. The van der Waals surface area contributed by atoms with Gasteiger partial charge in [-0.3, -0.25) is 29.3 Å². The molecule has 1 aliphatic carbocycles. The Kier molecular flexibility index (Phi) is 25.3. The summed E-state index contributed by atoms with van der Waals surface area (Å²) < 4.78 is 4.89. The van der Waals surface area contributed by atoms with Crippen LogP contribution in [0, 0.1) is 28.4 Å². The number of benzene rings is 4. The van der Waals surface area contributed by atoms with E-state index in [4.69, 9.17) is 10.1 Å². The minimum atomic E-state index is -1.22. The second-order valence-corrected chi connectivity index (χ2v) is 15.1. The van der Waals surface area contributed by atoms with E-state index in [1.54, 1.807) is 6.26 Å². The minimum absolute atomic E-state index is 0.00848. The van der Waals surface area contributed by atoms with Crippen molar-refractivity contribution in [2.45, 2.75) is 64.6 Å². The Labute approximate surface area is 396 Å². The minimum Gasteiger partial charge on any atom is -0.467 e. The lowest BCUT2D eigenvalue weighted by Crippen LogP contribution is -2.57. The maximum Gasteiger partial charge on any atom is 0.329 e. The van der Waals surface area contributed by atoms with Gasteiger partial charge in [-0.2, -0.15) is 12.6 Å². The third-order valence-electron chi connectivity index (χ3n) is 9.57. The Balaban J connectivity index is 0.00000239. The lowest BCUT2D eigenvalue weighted by atomic mass is 9.98. The molecule has 0 radical (unpaired) electrons. The van der Waals surface area contributed by atoms with Crippen LogP contribution in [0.1, 0.15) is 44.7 Å². The first-order valence-electron chi connectivity index (χ1n) is 20.9. The number of carbonyl (C=O) groups is 5. The van der Waals surface area contributed by atoms with Crippen LogP contribution in [0.15, 0.2) is 133 Å². The number of hydrogen-bond acceptors (Lipinski definition) is 12. The SMILES string of the molecule is C#C.CC.COC(=O)C(CSC(C)=O)NC(=O)C(Cc1ccc(-c2ccccc2)cc1)NC(=O)C(Cc1ccc(-c2ccccc2)cc1)NC(=O)CCNC1=CC=C([N+](=O)[O-])CC1=N.CS. The van der Waals surface area contributed by atoms with Crippen LogP contribution in [0.2, 0.25) is 0 Å². The van der Waals surface area contributed by atoms with Crippen LogP contribution in [0.3, 0.4) is 0 Å². The molecule has 3 unspecified atom stereocenters. The molecule has 4 aromatic carbocycles. The number of amides is 3. The van der Waals surface area contributed by atoms with E-state index in [0.717, 1.165) is 39.6 Å². The molecule has 0 spiro atoms. The molecule has 348 valence electrons. The van der Waals surface area contributed by atoms with Crippen molar-refractivity contribution in [1.29, 1.82) is 5.41 Å². The monoisotopic (exact) mass is 934 g/mol. The third kappa shape index (κ3) is 18.3. The number of allylic oxidation sites excluding steroid dienone is 4. The topological polar surface area (TPSA) is 210 Å². The quantitative estimate of drug-likeness (QED) is 0.0187. The van der Waals surface area contributed by atoms with Crippen molar-refractivity contribution in [2.75, 3.05) is 25.7 Å². The van der Waals surface area contributed by atoms with Gasteiger partial charge in [-0.25, -0.2) is 4.79 Å². The van der Waals surface area contributed by atoms with E-state index < -0.39 is 46.7 Å². The van der Waals surface area contributed by atoms with E-state index in [-0.39, 0.29) is 54.5 Å². The van der Waals surface area contributed by atoms with Crippen LogP contribution in [0.25, 0.3) is 22.3 Å². The number of thioether (sulfide) groups is 1. The van der Waals surface area contributed by atoms with Gasteiger partial charge in [0.1, 0.15) is 18.1 Å². The number of thiol groups is 1. The number of ether oxygens (including phenoxy) is 1. The van der Waals surface area contributed by atoms with E-state index in [9.17, 15) is 34.1 Å². The molecule has 16 heteroatoms. The van der Waals surface area contributed by atoms with Gasteiger partial charge in [0.05, 0.1) is 29.9 Å². The van der Waals surface area contributed by atoms with Gasteiger partial charge in [-0.15, -0.1) is 12.8 Å². The first-order valence-corrected chi connectivity index (χ1v) is 22.8. The van der Waals surface area contributed by atoms with Gasteiger partial charge in [0, 0.05) is 44.6 Å². The molecule has 66 heavy (non-hydrogen) atoms. The smallest absolute Gasteiger partial charge is 0.329 e. The van der Waals surface area contributed by atoms with Gasteiger partial charge in [0.15, 0.2) is 5.12 Å². The Morgan fingerprint density at radius 1 is 0.727 bits per heavy atom. The van der Waals surface area contributed by atoms with Gasteiger partial charge in [-0.1, -0.05) is 135 Å². The number of nitrogens with zero attached hydrogens (tertiary/aromatic N) is 1. The fourth-order valence-corrected chi connectivity index (χ4v) is 6.98. The summed E-state index contributed by atoms with van der Waals surface area (Å²) in [5, 5.41) is 30.3. The second-order valence-electron chi connectivity index (χ2n) is 13.9. The Hall–Kier alpha value is -6.96. The summed E-state index contributed by atoms with van der Waals surface area (Å²) in [6.45, 7) is 5.41. The molecule has 1 aliphatic rings. The number of nitro groups is 1. The molecular formula is C50H58N6O8S2. The van der Waals surface area contributed by atoms with Gasteiger partial charge < -0.3 is 31.4 Å².